The number of hydrogen-bond acceptors (Lipinski definition) is 6. The van der Waals surface area contributed by atoms with Crippen LogP contribution in [0, 0.1) is 0 Å². The first-order valence-electron chi connectivity index (χ1n) is 8.76. The standard InChI is InChI=1S/C16H22N4O4S4/c21-27(22)6-4-13(9-27)19-15(25)17-11-2-1-3-12(8-11)18-16(26)20-14-5-7-28(23,24)10-14/h1-3,8,13-14H,4-7,9-10H2,(H2,17,19,25)(H2,18,20,26). The average molecular weight is 463 g/mol. The van der Waals surface area contributed by atoms with Crippen LogP contribution in [0.3, 0.4) is 0 Å². The number of rotatable bonds is 4. The number of hydrogen-bond donors (Lipinski definition) is 4. The van der Waals surface area contributed by atoms with Crippen molar-refractivity contribution in [3.8, 4) is 0 Å². The van der Waals surface area contributed by atoms with Gasteiger partial charge in [-0.1, -0.05) is 6.07 Å². The number of benzene rings is 1. The molecule has 28 heavy (non-hydrogen) atoms. The van der Waals surface area contributed by atoms with Gasteiger partial charge in [-0.2, -0.15) is 0 Å². The molecular weight excluding hydrogens is 440 g/mol. The third-order valence-electron chi connectivity index (χ3n) is 4.51. The van der Waals surface area contributed by atoms with Crippen molar-refractivity contribution in [2.45, 2.75) is 24.9 Å². The van der Waals surface area contributed by atoms with Gasteiger partial charge in [-0.3, -0.25) is 0 Å². The maximum absolute atomic E-state index is 11.5. The minimum absolute atomic E-state index is 0.0905. The van der Waals surface area contributed by atoms with E-state index in [9.17, 15) is 16.8 Å². The van der Waals surface area contributed by atoms with Crippen molar-refractivity contribution in [2.75, 3.05) is 33.6 Å². The number of nitrogens with one attached hydrogen (secondary N) is 4. The smallest absolute Gasteiger partial charge is 0.171 e. The van der Waals surface area contributed by atoms with Crippen LogP contribution in [0.15, 0.2) is 24.3 Å². The summed E-state index contributed by atoms with van der Waals surface area (Å²) < 4.78 is 46.1. The molecule has 0 saturated carbocycles. The molecule has 2 heterocycles. The third-order valence-corrected chi connectivity index (χ3v) is 8.49. The lowest BCUT2D eigenvalue weighted by molar-refractivity contribution is 0.598. The molecule has 2 fully saturated rings. The van der Waals surface area contributed by atoms with E-state index in [1.165, 1.54) is 0 Å². The van der Waals surface area contributed by atoms with Crippen molar-refractivity contribution in [3.63, 3.8) is 0 Å². The Hall–Kier alpha value is -1.50. The Kier molecular flexibility index (Phi) is 6.42. The zero-order chi connectivity index (χ0) is 20.4. The second-order valence-corrected chi connectivity index (χ2v) is 12.3. The van der Waals surface area contributed by atoms with E-state index in [2.05, 4.69) is 21.3 Å². The molecule has 2 aliphatic rings. The Morgan fingerprint density at radius 3 is 1.61 bits per heavy atom. The lowest BCUT2D eigenvalue weighted by Gasteiger charge is -2.17. The molecule has 0 aliphatic carbocycles. The zero-order valence-electron chi connectivity index (χ0n) is 15.0. The number of anilines is 2. The quantitative estimate of drug-likeness (QED) is 0.475. The van der Waals surface area contributed by atoms with Gasteiger partial charge in [0.05, 0.1) is 23.0 Å². The van der Waals surface area contributed by atoms with Gasteiger partial charge in [-0.15, -0.1) is 0 Å². The van der Waals surface area contributed by atoms with Crippen LogP contribution in [0.25, 0.3) is 0 Å². The molecule has 0 aromatic heterocycles. The van der Waals surface area contributed by atoms with Crippen LogP contribution in [0.4, 0.5) is 11.4 Å². The molecule has 1 aromatic carbocycles. The van der Waals surface area contributed by atoms with Gasteiger partial charge in [0.25, 0.3) is 0 Å². The maximum Gasteiger partial charge on any atom is 0.171 e. The van der Waals surface area contributed by atoms with Crippen molar-refractivity contribution >= 4 is 65.7 Å². The summed E-state index contributed by atoms with van der Waals surface area (Å²) in [5, 5.41) is 12.8. The summed E-state index contributed by atoms with van der Waals surface area (Å²) in [5.41, 5.74) is 1.43. The molecule has 0 amide bonds. The lowest BCUT2D eigenvalue weighted by atomic mass is 10.2. The van der Waals surface area contributed by atoms with Crippen molar-refractivity contribution in [1.82, 2.24) is 10.6 Å². The van der Waals surface area contributed by atoms with Crippen molar-refractivity contribution in [1.29, 1.82) is 0 Å². The molecule has 3 rings (SSSR count). The summed E-state index contributed by atoms with van der Waals surface area (Å²) in [6.07, 6.45) is 1.09. The Bertz CT molecular complexity index is 903. The van der Waals surface area contributed by atoms with E-state index in [0.29, 0.717) is 23.1 Å². The predicted octanol–water partition coefficient (Wildman–Crippen LogP) is 0.634. The normalized spacial score (nSPS) is 25.0. The van der Waals surface area contributed by atoms with Crippen molar-refractivity contribution in [3.05, 3.63) is 24.3 Å². The SMILES string of the molecule is O=S1(=O)CCC(NC(=S)Nc2cccc(NC(=S)NC3CCS(=O)(=O)C3)c2)C1. The van der Waals surface area contributed by atoms with Crippen LogP contribution in [-0.2, 0) is 19.7 Å². The van der Waals surface area contributed by atoms with Crippen molar-refractivity contribution < 1.29 is 16.8 Å². The molecule has 2 aliphatic heterocycles. The van der Waals surface area contributed by atoms with E-state index in [0.717, 1.165) is 11.4 Å². The molecule has 0 radical (unpaired) electrons. The first-order valence-corrected chi connectivity index (χ1v) is 13.2. The third kappa shape index (κ3) is 6.26. The highest BCUT2D eigenvalue weighted by molar-refractivity contribution is 7.92. The van der Waals surface area contributed by atoms with E-state index in [4.69, 9.17) is 24.4 Å². The van der Waals surface area contributed by atoms with Gasteiger partial charge in [-0.25, -0.2) is 16.8 Å². The summed E-state index contributed by atoms with van der Waals surface area (Å²) in [6, 6.07) is 6.92. The van der Waals surface area contributed by atoms with Crippen molar-refractivity contribution in [2.24, 2.45) is 0 Å². The van der Waals surface area contributed by atoms with Crippen LogP contribution >= 0.6 is 24.4 Å². The predicted molar refractivity (Wildman–Crippen MR) is 119 cm³/mol. The molecule has 12 heteroatoms. The second kappa shape index (κ2) is 8.47. The molecule has 2 unspecified atom stereocenters. The lowest BCUT2D eigenvalue weighted by Crippen LogP contribution is -2.38. The van der Waals surface area contributed by atoms with Crippen LogP contribution in [0.5, 0.6) is 0 Å². The average Bonchev–Trinajstić information content (AvgIpc) is 3.08. The molecule has 2 saturated heterocycles. The molecule has 0 bridgehead atoms. The fraction of sp³-hybridized carbons (Fsp3) is 0.500. The summed E-state index contributed by atoms with van der Waals surface area (Å²) in [5.74, 6) is 0.541. The van der Waals surface area contributed by atoms with Crippen LogP contribution in [0.1, 0.15) is 12.8 Å². The largest absolute Gasteiger partial charge is 0.359 e. The van der Waals surface area contributed by atoms with Gasteiger partial charge < -0.3 is 21.3 Å². The fourth-order valence-electron chi connectivity index (χ4n) is 3.20. The topological polar surface area (TPSA) is 116 Å². The van der Waals surface area contributed by atoms with Gasteiger partial charge in [0, 0.05) is 23.5 Å². The molecule has 154 valence electrons. The van der Waals surface area contributed by atoms with Gasteiger partial charge in [0.2, 0.25) is 0 Å². The Morgan fingerprint density at radius 2 is 1.25 bits per heavy atom. The highest BCUT2D eigenvalue weighted by Crippen LogP contribution is 2.17. The van der Waals surface area contributed by atoms with E-state index in [1.54, 1.807) is 6.07 Å². The van der Waals surface area contributed by atoms with Crippen LogP contribution in [-0.4, -0.2) is 62.2 Å². The van der Waals surface area contributed by atoms with E-state index in [-0.39, 0.29) is 35.1 Å². The van der Waals surface area contributed by atoms with E-state index in [1.807, 2.05) is 18.2 Å². The monoisotopic (exact) mass is 462 g/mol. The zero-order valence-corrected chi connectivity index (χ0v) is 18.2. The summed E-state index contributed by atoms with van der Waals surface area (Å²) in [6.45, 7) is 0. The van der Waals surface area contributed by atoms with Crippen LogP contribution in [0.2, 0.25) is 0 Å². The molecular formula is C16H22N4O4S4. The van der Waals surface area contributed by atoms with Gasteiger partial charge in [0.15, 0.2) is 29.9 Å². The molecule has 2 atom stereocenters. The van der Waals surface area contributed by atoms with E-state index < -0.39 is 19.7 Å². The fourth-order valence-corrected chi connectivity index (χ4v) is 7.11. The first-order chi connectivity index (χ1) is 13.1. The highest BCUT2D eigenvalue weighted by atomic mass is 32.2. The minimum Gasteiger partial charge on any atom is -0.359 e. The van der Waals surface area contributed by atoms with Gasteiger partial charge in [-0.05, 0) is 55.5 Å². The molecule has 4 N–H and O–H groups in total. The Labute approximate surface area is 175 Å². The second-order valence-electron chi connectivity index (χ2n) is 6.98. The van der Waals surface area contributed by atoms with Crippen LogP contribution < -0.4 is 21.3 Å². The molecule has 8 nitrogen and oxygen atoms in total. The minimum atomic E-state index is -2.97. The van der Waals surface area contributed by atoms with E-state index >= 15 is 0 Å². The first kappa shape index (κ1) is 21.2. The summed E-state index contributed by atoms with van der Waals surface area (Å²) >= 11 is 10.5. The summed E-state index contributed by atoms with van der Waals surface area (Å²) in [4.78, 5) is 0. The van der Waals surface area contributed by atoms with Gasteiger partial charge >= 0.3 is 0 Å². The summed E-state index contributed by atoms with van der Waals surface area (Å²) in [7, 11) is -5.94. The Morgan fingerprint density at radius 1 is 0.821 bits per heavy atom. The molecule has 0 spiro atoms. The maximum atomic E-state index is 11.5. The molecule has 1 aromatic rings. The number of thiocarbonyl (C=S) groups is 2. The van der Waals surface area contributed by atoms with Gasteiger partial charge in [0.1, 0.15) is 0 Å². The Balaban J connectivity index is 1.51. The highest BCUT2D eigenvalue weighted by Gasteiger charge is 2.29. The number of sulfone groups is 2.